The highest BCUT2D eigenvalue weighted by molar-refractivity contribution is 6.31. The van der Waals surface area contributed by atoms with Gasteiger partial charge < -0.3 is 4.74 Å². The molecule has 3 nitrogen and oxygen atoms in total. The number of esters is 1. The van der Waals surface area contributed by atoms with Gasteiger partial charge >= 0.3 is 5.97 Å². The number of nitrogens with zero attached hydrogens (tertiary/aromatic N) is 1. The van der Waals surface area contributed by atoms with Gasteiger partial charge in [-0.3, -0.25) is 0 Å². The largest absolute Gasteiger partial charge is 0.403 e. The summed E-state index contributed by atoms with van der Waals surface area (Å²) in [6.07, 6.45) is 5.07. The van der Waals surface area contributed by atoms with Crippen molar-refractivity contribution in [3.05, 3.63) is 81.5 Å². The van der Waals surface area contributed by atoms with Crippen LogP contribution in [0.5, 0.6) is 0 Å². The van der Waals surface area contributed by atoms with Crippen LogP contribution in [0.4, 0.5) is 0 Å². The second kappa shape index (κ2) is 6.82. The first kappa shape index (κ1) is 15.5. The molecule has 23 heavy (non-hydrogen) atoms. The molecule has 0 saturated heterocycles. The van der Waals surface area contributed by atoms with E-state index in [0.717, 1.165) is 11.1 Å². The zero-order valence-corrected chi connectivity index (χ0v) is 13.4. The Bertz CT molecular complexity index is 836. The van der Waals surface area contributed by atoms with Gasteiger partial charge in [0.2, 0.25) is 5.90 Å². The third-order valence-corrected chi connectivity index (χ3v) is 3.56. The second-order valence-corrected chi connectivity index (χ2v) is 5.68. The minimum atomic E-state index is -0.485. The van der Waals surface area contributed by atoms with E-state index in [2.05, 4.69) is 4.99 Å². The first-order chi connectivity index (χ1) is 11.1. The summed E-state index contributed by atoms with van der Waals surface area (Å²) in [7, 11) is 0. The molecule has 0 atom stereocenters. The molecule has 2 aromatic rings. The Hall–Kier alpha value is -2.36. The van der Waals surface area contributed by atoms with Crippen molar-refractivity contribution in [3.63, 3.8) is 0 Å². The van der Waals surface area contributed by atoms with Crippen molar-refractivity contribution in [2.75, 3.05) is 0 Å². The molecule has 0 aliphatic carbocycles. The average molecular weight is 344 g/mol. The Morgan fingerprint density at radius 2 is 1.70 bits per heavy atom. The molecular formula is C18H11Cl2NO2. The van der Waals surface area contributed by atoms with E-state index >= 15 is 0 Å². The predicted octanol–water partition coefficient (Wildman–Crippen LogP) is 5.00. The van der Waals surface area contributed by atoms with Crippen LogP contribution in [0.2, 0.25) is 10.0 Å². The highest BCUT2D eigenvalue weighted by atomic mass is 35.5. The molecule has 1 heterocycles. The Labute approximate surface area is 143 Å². The number of benzene rings is 2. The maximum Gasteiger partial charge on any atom is 0.363 e. The van der Waals surface area contributed by atoms with Crippen molar-refractivity contribution in [1.82, 2.24) is 0 Å². The minimum absolute atomic E-state index is 0.239. The van der Waals surface area contributed by atoms with Crippen LogP contribution in [-0.2, 0) is 9.53 Å². The van der Waals surface area contributed by atoms with Crippen LogP contribution in [0.25, 0.3) is 12.2 Å². The zero-order valence-electron chi connectivity index (χ0n) is 11.9. The topological polar surface area (TPSA) is 38.7 Å². The van der Waals surface area contributed by atoms with Crippen LogP contribution in [-0.4, -0.2) is 11.9 Å². The molecule has 0 spiro atoms. The van der Waals surface area contributed by atoms with Gasteiger partial charge in [0.05, 0.1) is 0 Å². The predicted molar refractivity (Wildman–Crippen MR) is 93.4 cm³/mol. The van der Waals surface area contributed by atoms with Gasteiger partial charge in [0.1, 0.15) is 0 Å². The smallest absolute Gasteiger partial charge is 0.363 e. The SMILES string of the molecule is O=C1OC(C=Cc2ccc(Cl)cc2)=NC1=Cc1cccc(Cl)c1. The molecule has 1 aliphatic rings. The zero-order chi connectivity index (χ0) is 16.2. The van der Waals surface area contributed by atoms with Gasteiger partial charge in [0, 0.05) is 16.1 Å². The van der Waals surface area contributed by atoms with Crippen molar-refractivity contribution >= 4 is 47.2 Å². The van der Waals surface area contributed by atoms with E-state index < -0.39 is 5.97 Å². The van der Waals surface area contributed by atoms with Crippen molar-refractivity contribution in [2.24, 2.45) is 4.99 Å². The van der Waals surface area contributed by atoms with E-state index in [1.54, 1.807) is 48.6 Å². The molecule has 2 aromatic carbocycles. The number of hydrogen-bond donors (Lipinski definition) is 0. The minimum Gasteiger partial charge on any atom is -0.403 e. The number of carbonyl (C=O) groups excluding carboxylic acids is 1. The Morgan fingerprint density at radius 3 is 2.43 bits per heavy atom. The van der Waals surface area contributed by atoms with E-state index in [4.69, 9.17) is 27.9 Å². The first-order valence-electron chi connectivity index (χ1n) is 6.82. The summed E-state index contributed by atoms with van der Waals surface area (Å²) in [5.41, 5.74) is 1.96. The van der Waals surface area contributed by atoms with Crippen LogP contribution in [0.3, 0.4) is 0 Å². The summed E-state index contributed by atoms with van der Waals surface area (Å²) in [5.74, 6) is -0.237. The standard InChI is InChI=1S/C18H11Cl2NO2/c19-14-7-4-12(5-8-14)6-9-17-21-16(18(22)23-17)11-13-2-1-3-15(20)10-13/h1-11H. The monoisotopic (exact) mass is 343 g/mol. The Kier molecular flexibility index (Phi) is 4.60. The average Bonchev–Trinajstić information content (AvgIpc) is 2.87. The fourth-order valence-corrected chi connectivity index (χ4v) is 2.32. The quantitative estimate of drug-likeness (QED) is 0.580. The molecular weight excluding hydrogens is 333 g/mol. The lowest BCUT2D eigenvalue weighted by Gasteiger charge is -1.94. The van der Waals surface area contributed by atoms with Gasteiger partial charge in [-0.05, 0) is 47.5 Å². The van der Waals surface area contributed by atoms with Crippen LogP contribution in [0, 0.1) is 0 Å². The van der Waals surface area contributed by atoms with Crippen LogP contribution in [0.1, 0.15) is 11.1 Å². The van der Waals surface area contributed by atoms with E-state index in [0.29, 0.717) is 10.0 Å². The molecule has 0 radical (unpaired) electrons. The number of halogens is 2. The molecule has 114 valence electrons. The van der Waals surface area contributed by atoms with E-state index in [9.17, 15) is 4.79 Å². The molecule has 0 fully saturated rings. The number of aliphatic imine (C=N–C) groups is 1. The van der Waals surface area contributed by atoms with Crippen molar-refractivity contribution in [1.29, 1.82) is 0 Å². The maximum atomic E-state index is 11.8. The van der Waals surface area contributed by atoms with E-state index in [-0.39, 0.29) is 11.6 Å². The number of carbonyl (C=O) groups is 1. The highest BCUT2D eigenvalue weighted by Gasteiger charge is 2.21. The number of cyclic esters (lactones) is 1. The van der Waals surface area contributed by atoms with Gasteiger partial charge in [0.25, 0.3) is 0 Å². The molecule has 0 saturated carbocycles. The van der Waals surface area contributed by atoms with Gasteiger partial charge in [-0.25, -0.2) is 9.79 Å². The molecule has 0 unspecified atom stereocenters. The van der Waals surface area contributed by atoms with Crippen molar-refractivity contribution < 1.29 is 9.53 Å². The van der Waals surface area contributed by atoms with Crippen molar-refractivity contribution in [3.8, 4) is 0 Å². The second-order valence-electron chi connectivity index (χ2n) is 4.81. The van der Waals surface area contributed by atoms with Gasteiger partial charge in [0.15, 0.2) is 5.70 Å². The van der Waals surface area contributed by atoms with Gasteiger partial charge in [-0.2, -0.15) is 0 Å². The molecule has 0 N–H and O–H groups in total. The summed E-state index contributed by atoms with van der Waals surface area (Å²) in [4.78, 5) is 16.0. The number of rotatable bonds is 3. The van der Waals surface area contributed by atoms with Crippen LogP contribution < -0.4 is 0 Å². The normalized spacial score (nSPS) is 16.0. The highest BCUT2D eigenvalue weighted by Crippen LogP contribution is 2.19. The van der Waals surface area contributed by atoms with E-state index in [1.807, 2.05) is 18.2 Å². The Morgan fingerprint density at radius 1 is 0.913 bits per heavy atom. The summed E-state index contributed by atoms with van der Waals surface area (Å²) >= 11 is 11.8. The molecule has 5 heteroatoms. The lowest BCUT2D eigenvalue weighted by Crippen LogP contribution is -2.01. The molecule has 0 amide bonds. The fraction of sp³-hybridized carbons (Fsp3) is 0. The summed E-state index contributed by atoms with van der Waals surface area (Å²) < 4.78 is 5.12. The van der Waals surface area contributed by atoms with Crippen LogP contribution >= 0.6 is 23.2 Å². The van der Waals surface area contributed by atoms with Gasteiger partial charge in [-0.15, -0.1) is 0 Å². The lowest BCUT2D eigenvalue weighted by atomic mass is 10.2. The Balaban J connectivity index is 1.79. The fourth-order valence-electron chi connectivity index (χ4n) is 1.99. The van der Waals surface area contributed by atoms with E-state index in [1.165, 1.54) is 0 Å². The third-order valence-electron chi connectivity index (χ3n) is 3.08. The lowest BCUT2D eigenvalue weighted by molar-refractivity contribution is -0.129. The van der Waals surface area contributed by atoms with Gasteiger partial charge in [-0.1, -0.05) is 47.5 Å². The summed E-state index contributed by atoms with van der Waals surface area (Å²) in [6, 6.07) is 14.4. The van der Waals surface area contributed by atoms with Crippen LogP contribution in [0.15, 0.2) is 65.3 Å². The number of ether oxygens (including phenoxy) is 1. The summed E-state index contributed by atoms with van der Waals surface area (Å²) in [6.45, 7) is 0. The number of hydrogen-bond acceptors (Lipinski definition) is 3. The molecule has 0 aromatic heterocycles. The van der Waals surface area contributed by atoms with Crippen molar-refractivity contribution in [2.45, 2.75) is 0 Å². The molecule has 0 bridgehead atoms. The first-order valence-corrected chi connectivity index (χ1v) is 7.57. The molecule has 1 aliphatic heterocycles. The molecule has 3 rings (SSSR count). The maximum absolute atomic E-state index is 11.8. The third kappa shape index (κ3) is 4.09. The summed E-state index contributed by atoms with van der Waals surface area (Å²) in [5, 5.41) is 1.26.